The predicted molar refractivity (Wildman–Crippen MR) is 49.6 cm³/mol. The van der Waals surface area contributed by atoms with Crippen molar-refractivity contribution in [2.75, 3.05) is 6.54 Å². The smallest absolute Gasteiger partial charge is 0.300 e. The summed E-state index contributed by atoms with van der Waals surface area (Å²) in [5, 5.41) is 2.15. The van der Waals surface area contributed by atoms with Crippen molar-refractivity contribution in [3.63, 3.8) is 0 Å². The van der Waals surface area contributed by atoms with E-state index in [-0.39, 0.29) is 0 Å². The van der Waals surface area contributed by atoms with E-state index in [0.717, 1.165) is 0 Å². The molecule has 16 heavy (non-hydrogen) atoms. The van der Waals surface area contributed by atoms with E-state index in [9.17, 15) is 18.0 Å². The highest BCUT2D eigenvalue weighted by molar-refractivity contribution is 5.79. The minimum absolute atomic E-state index is 0.410. The van der Waals surface area contributed by atoms with Crippen molar-refractivity contribution < 1.29 is 18.0 Å². The molecule has 1 amide bonds. The lowest BCUT2D eigenvalue weighted by Gasteiger charge is -2.05. The summed E-state index contributed by atoms with van der Waals surface area (Å²) >= 11 is 0. The zero-order valence-corrected chi connectivity index (χ0v) is 8.06. The molecule has 0 atom stereocenters. The van der Waals surface area contributed by atoms with Gasteiger partial charge in [-0.15, -0.1) is 0 Å². The van der Waals surface area contributed by atoms with Crippen LogP contribution in [0.25, 0.3) is 4.85 Å². The molecule has 3 nitrogen and oxygen atoms in total. The number of hydrogen-bond donors (Lipinski definition) is 1. The van der Waals surface area contributed by atoms with Gasteiger partial charge >= 0.3 is 0 Å². The van der Waals surface area contributed by atoms with Gasteiger partial charge in [-0.25, -0.2) is 19.7 Å². The summed E-state index contributed by atoms with van der Waals surface area (Å²) in [5.41, 5.74) is -0.431. The number of carbonyl (C=O) groups excluding carboxylic acids is 1. The van der Waals surface area contributed by atoms with Gasteiger partial charge in [-0.1, -0.05) is 0 Å². The zero-order valence-electron chi connectivity index (χ0n) is 8.06. The molecule has 0 aliphatic rings. The van der Waals surface area contributed by atoms with Gasteiger partial charge in [0.25, 0.3) is 12.5 Å². The summed E-state index contributed by atoms with van der Waals surface area (Å²) in [5.74, 6) is -3.80. The highest BCUT2D eigenvalue weighted by Crippen LogP contribution is 2.14. The van der Waals surface area contributed by atoms with Gasteiger partial charge in [0.2, 0.25) is 0 Å². The maximum Gasteiger partial charge on any atom is 0.300 e. The van der Waals surface area contributed by atoms with Crippen molar-refractivity contribution in [2.45, 2.75) is 6.54 Å². The van der Waals surface area contributed by atoms with Gasteiger partial charge in [-0.05, 0) is 0 Å². The van der Waals surface area contributed by atoms with E-state index in [4.69, 9.17) is 6.57 Å². The first kappa shape index (κ1) is 12.0. The van der Waals surface area contributed by atoms with Gasteiger partial charge < -0.3 is 10.2 Å². The normalized spacial score (nSPS) is 9.62. The number of nitrogens with one attached hydrogen (secondary N) is 1. The number of nitrogens with zero attached hydrogens (tertiary/aromatic N) is 1. The number of halogens is 3. The van der Waals surface area contributed by atoms with Gasteiger partial charge in [0.05, 0.1) is 0 Å². The fraction of sp³-hybridized carbons (Fsp3) is 0.200. The van der Waals surface area contributed by atoms with Crippen molar-refractivity contribution >= 4 is 5.91 Å². The van der Waals surface area contributed by atoms with Crippen molar-refractivity contribution in [1.82, 2.24) is 5.32 Å². The quantitative estimate of drug-likeness (QED) is 0.784. The molecule has 0 heterocycles. The summed E-state index contributed by atoms with van der Waals surface area (Å²) in [4.78, 5) is 13.7. The van der Waals surface area contributed by atoms with Crippen LogP contribution in [0.4, 0.5) is 13.2 Å². The summed E-state index contributed by atoms with van der Waals surface area (Å²) in [6.45, 7) is 5.57. The van der Waals surface area contributed by atoms with Crippen molar-refractivity contribution in [3.05, 3.63) is 46.6 Å². The third-order valence-corrected chi connectivity index (χ3v) is 1.79. The van der Waals surface area contributed by atoms with Crippen LogP contribution in [-0.2, 0) is 11.3 Å². The molecule has 0 bridgehead atoms. The fourth-order valence-corrected chi connectivity index (χ4v) is 1.06. The van der Waals surface area contributed by atoms with E-state index in [2.05, 4.69) is 10.2 Å². The molecule has 1 N–H and O–H groups in total. The van der Waals surface area contributed by atoms with Crippen LogP contribution < -0.4 is 5.32 Å². The van der Waals surface area contributed by atoms with Crippen LogP contribution in [0.1, 0.15) is 5.56 Å². The molecule has 0 radical (unpaired) electrons. The van der Waals surface area contributed by atoms with Crippen molar-refractivity contribution in [2.24, 2.45) is 0 Å². The first-order valence-electron chi connectivity index (χ1n) is 4.28. The molecule has 0 aliphatic carbocycles. The van der Waals surface area contributed by atoms with Crippen LogP contribution in [0.2, 0.25) is 0 Å². The van der Waals surface area contributed by atoms with Gasteiger partial charge in [0.15, 0.2) is 0 Å². The molecular formula is C10H7F3N2O. The highest BCUT2D eigenvalue weighted by atomic mass is 19.1. The molecule has 0 fully saturated rings. The summed E-state index contributed by atoms with van der Waals surface area (Å²) in [6.07, 6.45) is 0. The Morgan fingerprint density at radius 1 is 1.31 bits per heavy atom. The molecule has 1 aromatic rings. The molecule has 0 spiro atoms. The van der Waals surface area contributed by atoms with Crippen LogP contribution in [-0.4, -0.2) is 12.5 Å². The van der Waals surface area contributed by atoms with Gasteiger partial charge in [0.1, 0.15) is 17.5 Å². The molecular weight excluding hydrogens is 221 g/mol. The molecule has 6 heteroatoms. The maximum absolute atomic E-state index is 13.1. The second-order valence-corrected chi connectivity index (χ2v) is 2.94. The molecule has 0 aliphatic heterocycles. The van der Waals surface area contributed by atoms with E-state index >= 15 is 0 Å². The van der Waals surface area contributed by atoms with Crippen LogP contribution in [0.5, 0.6) is 0 Å². The van der Waals surface area contributed by atoms with Gasteiger partial charge in [0, 0.05) is 24.2 Å². The summed E-state index contributed by atoms with van der Waals surface area (Å²) < 4.78 is 38.6. The first-order chi connectivity index (χ1) is 7.54. The van der Waals surface area contributed by atoms with E-state index in [1.54, 1.807) is 0 Å². The fourth-order valence-electron chi connectivity index (χ4n) is 1.06. The molecule has 0 saturated carbocycles. The number of benzene rings is 1. The minimum Gasteiger partial charge on any atom is -0.345 e. The molecule has 0 saturated heterocycles. The number of rotatable bonds is 3. The second kappa shape index (κ2) is 5.16. The Morgan fingerprint density at radius 3 is 2.38 bits per heavy atom. The monoisotopic (exact) mass is 228 g/mol. The van der Waals surface area contributed by atoms with E-state index in [1.165, 1.54) is 0 Å². The lowest BCUT2D eigenvalue weighted by molar-refractivity contribution is -0.119. The third kappa shape index (κ3) is 2.98. The third-order valence-electron chi connectivity index (χ3n) is 1.79. The average molecular weight is 228 g/mol. The Morgan fingerprint density at radius 2 is 1.88 bits per heavy atom. The Kier molecular flexibility index (Phi) is 3.89. The predicted octanol–water partition coefficient (Wildman–Crippen LogP) is 1.64. The molecule has 1 aromatic carbocycles. The Balaban J connectivity index is 2.75. The summed E-state index contributed by atoms with van der Waals surface area (Å²) in [6, 6.07) is 1.05. The van der Waals surface area contributed by atoms with Crippen molar-refractivity contribution in [1.29, 1.82) is 0 Å². The summed E-state index contributed by atoms with van der Waals surface area (Å²) in [7, 11) is 0. The molecule has 1 rings (SSSR count). The van der Waals surface area contributed by atoms with E-state index in [0.29, 0.717) is 12.1 Å². The Bertz CT molecular complexity index is 431. The lowest BCUT2D eigenvalue weighted by atomic mass is 10.2. The molecule has 0 unspecified atom stereocenters. The van der Waals surface area contributed by atoms with Crippen LogP contribution >= 0.6 is 0 Å². The Hall–Kier alpha value is -2.03. The lowest BCUT2D eigenvalue weighted by Crippen LogP contribution is -2.25. The number of amides is 1. The van der Waals surface area contributed by atoms with E-state index in [1.807, 2.05) is 0 Å². The number of carbonyl (C=O) groups is 1. The van der Waals surface area contributed by atoms with Crippen LogP contribution in [0.15, 0.2) is 12.1 Å². The second-order valence-electron chi connectivity index (χ2n) is 2.94. The maximum atomic E-state index is 13.1. The average Bonchev–Trinajstić information content (AvgIpc) is 2.16. The molecule has 84 valence electrons. The minimum atomic E-state index is -1.07. The van der Waals surface area contributed by atoms with Crippen LogP contribution in [0.3, 0.4) is 0 Å². The highest BCUT2D eigenvalue weighted by Gasteiger charge is 2.12. The van der Waals surface area contributed by atoms with Gasteiger partial charge in [-0.3, -0.25) is 4.79 Å². The first-order valence-corrected chi connectivity index (χ1v) is 4.28. The Labute approximate surface area is 89.7 Å². The SMILES string of the molecule is [C-]#[N+]CC(=O)NCc1c(F)cc(F)cc1F. The van der Waals surface area contributed by atoms with E-state index < -0.39 is 42.0 Å². The topological polar surface area (TPSA) is 33.5 Å². The largest absolute Gasteiger partial charge is 0.345 e. The van der Waals surface area contributed by atoms with Crippen LogP contribution in [0, 0.1) is 24.0 Å². The zero-order chi connectivity index (χ0) is 12.1. The van der Waals surface area contributed by atoms with Gasteiger partial charge in [-0.2, -0.15) is 0 Å². The van der Waals surface area contributed by atoms with Crippen molar-refractivity contribution in [3.8, 4) is 0 Å². The molecule has 0 aromatic heterocycles. The number of hydrogen-bond acceptors (Lipinski definition) is 1. The standard InChI is InChI=1S/C10H7F3N2O/c1-14-5-10(16)15-4-7-8(12)2-6(11)3-9(7)13/h2-3H,4-5H2,(H,15,16).